The van der Waals surface area contributed by atoms with Gasteiger partial charge in [0.15, 0.2) is 0 Å². The van der Waals surface area contributed by atoms with Gasteiger partial charge in [-0.15, -0.1) is 6.58 Å². The van der Waals surface area contributed by atoms with Crippen molar-refractivity contribution in [1.29, 1.82) is 0 Å². The van der Waals surface area contributed by atoms with Crippen molar-refractivity contribution in [2.75, 3.05) is 33.3 Å². The van der Waals surface area contributed by atoms with Gasteiger partial charge in [0.05, 0.1) is 24.7 Å². The first-order valence-electron chi connectivity index (χ1n) is 17.6. The van der Waals surface area contributed by atoms with E-state index in [1.54, 1.807) is 0 Å². The Morgan fingerprint density at radius 2 is 1.58 bits per heavy atom. The van der Waals surface area contributed by atoms with Gasteiger partial charge in [0.25, 0.3) is 5.91 Å². The average molecular weight is 682 g/mol. The number of carbonyl (C=O) groups excluding carboxylic acids is 6. The lowest BCUT2D eigenvalue weighted by atomic mass is 9.88. The highest BCUT2D eigenvalue weighted by molar-refractivity contribution is 6.38. The van der Waals surface area contributed by atoms with Crippen molar-refractivity contribution in [3.05, 3.63) is 12.7 Å². The summed E-state index contributed by atoms with van der Waals surface area (Å²) in [5, 5.41) is 10.2. The van der Waals surface area contributed by atoms with E-state index >= 15 is 0 Å². The molecule has 1 heterocycles. The zero-order valence-corrected chi connectivity index (χ0v) is 31.7. The monoisotopic (exact) mass is 682 g/mol. The van der Waals surface area contributed by atoms with Crippen LogP contribution in [0.5, 0.6) is 0 Å². The van der Waals surface area contributed by atoms with Crippen LogP contribution in [0.2, 0.25) is 0 Å². The second-order valence-electron chi connectivity index (χ2n) is 13.5. The molecule has 12 heteroatoms. The fraction of sp³-hybridized carbons (Fsp3) is 0.778. The average Bonchev–Trinajstić information content (AvgIpc) is 3.79. The van der Waals surface area contributed by atoms with Gasteiger partial charge in [0.2, 0.25) is 11.7 Å². The molecule has 12 nitrogen and oxygen atoms in total. The maximum absolute atomic E-state index is 12.6. The molecular formula is C36H67N5O7. The normalized spacial score (nSPS) is 18.1. The number of nitrogens with one attached hydrogen (secondary N) is 4. The minimum absolute atomic E-state index is 0.163. The molecule has 0 bridgehead atoms. The second kappa shape index (κ2) is 25.7. The van der Waals surface area contributed by atoms with E-state index in [1.165, 1.54) is 12.5 Å². The summed E-state index contributed by atoms with van der Waals surface area (Å²) in [6, 6.07) is -2.15. The van der Waals surface area contributed by atoms with E-state index in [0.29, 0.717) is 43.5 Å². The number of Topliss-reactive ketones (excluding diaryl/α,β-unsaturated/α-hetero) is 1. The molecule has 0 aromatic heterocycles. The Morgan fingerprint density at radius 1 is 1.00 bits per heavy atom. The van der Waals surface area contributed by atoms with E-state index in [1.807, 2.05) is 53.5 Å². The van der Waals surface area contributed by atoms with Gasteiger partial charge in [-0.25, -0.2) is 4.79 Å². The van der Waals surface area contributed by atoms with Crippen molar-refractivity contribution in [2.24, 2.45) is 23.2 Å². The summed E-state index contributed by atoms with van der Waals surface area (Å²) >= 11 is 0. The number of ketones is 1. The standard InChI is InChI=1S/C18H31N3O3.C13H22N2O4.C3H8.C2H6/c1-6-8-14(16(22)18(24)19-9-7-2)20-17(23)15-10-13(12(3)4)11-21(15)5;1-13(2,3)10(7-16)15-12(18)14-6-11(17)19-8-9-4-5-9;1-3-2;1-2/h7,12-15H,2,6,8-11H2,1,3-5H3,(H,19,24)(H,20,23);7,9-10H,4-6,8H2,1-3H3,(H2,14,15,18);3H2,1-2H3;1-2H3. The van der Waals surface area contributed by atoms with Gasteiger partial charge in [-0.05, 0) is 55.9 Å². The molecular weight excluding hydrogens is 614 g/mol. The van der Waals surface area contributed by atoms with Crippen LogP contribution >= 0.6 is 0 Å². The van der Waals surface area contributed by atoms with Crippen molar-refractivity contribution in [3.8, 4) is 0 Å². The van der Waals surface area contributed by atoms with Crippen LogP contribution in [0.25, 0.3) is 0 Å². The predicted molar refractivity (Wildman–Crippen MR) is 191 cm³/mol. The molecule has 278 valence electrons. The van der Waals surface area contributed by atoms with Gasteiger partial charge in [-0.1, -0.05) is 88.2 Å². The van der Waals surface area contributed by atoms with Crippen LogP contribution in [0, 0.1) is 23.2 Å². The highest BCUT2D eigenvalue weighted by atomic mass is 16.5. The van der Waals surface area contributed by atoms with Crippen molar-refractivity contribution < 1.29 is 33.5 Å². The highest BCUT2D eigenvalue weighted by Gasteiger charge is 2.37. The molecule has 4 atom stereocenters. The lowest BCUT2D eigenvalue weighted by Crippen LogP contribution is -2.51. The van der Waals surface area contributed by atoms with Crippen LogP contribution in [0.15, 0.2) is 12.7 Å². The summed E-state index contributed by atoms with van der Waals surface area (Å²) < 4.78 is 4.96. The molecule has 0 aromatic rings. The number of esters is 1. The summed E-state index contributed by atoms with van der Waals surface area (Å²) in [5.41, 5.74) is -0.369. The quantitative estimate of drug-likeness (QED) is 0.0855. The first-order valence-corrected chi connectivity index (χ1v) is 17.6. The fourth-order valence-electron chi connectivity index (χ4n) is 4.41. The Kier molecular flexibility index (Phi) is 25.1. The summed E-state index contributed by atoms with van der Waals surface area (Å²) in [4.78, 5) is 72.5. The number of hydrogen-bond donors (Lipinski definition) is 4. The summed E-state index contributed by atoms with van der Waals surface area (Å²) in [5.74, 6) is -0.394. The van der Waals surface area contributed by atoms with E-state index in [0.717, 1.165) is 25.8 Å². The number of ether oxygens (including phenoxy) is 1. The van der Waals surface area contributed by atoms with Crippen LogP contribution in [0.3, 0.4) is 0 Å². The molecule has 2 fully saturated rings. The summed E-state index contributed by atoms with van der Waals surface area (Å²) in [7, 11) is 1.93. The van der Waals surface area contributed by atoms with E-state index in [2.05, 4.69) is 55.5 Å². The minimum Gasteiger partial charge on any atom is -0.464 e. The zero-order chi connectivity index (χ0) is 37.4. The molecule has 4 N–H and O–H groups in total. The Morgan fingerprint density at radius 3 is 2.02 bits per heavy atom. The third kappa shape index (κ3) is 20.2. The molecule has 4 unspecified atom stereocenters. The number of rotatable bonds is 15. The Labute approximate surface area is 290 Å². The molecule has 1 saturated heterocycles. The molecule has 2 aliphatic rings. The number of likely N-dealkylation sites (tertiary alicyclic amines) is 1. The fourth-order valence-corrected chi connectivity index (χ4v) is 4.41. The molecule has 0 radical (unpaired) electrons. The van der Waals surface area contributed by atoms with E-state index in [9.17, 15) is 28.8 Å². The summed E-state index contributed by atoms with van der Waals surface area (Å²) in [6.45, 7) is 24.9. The largest absolute Gasteiger partial charge is 0.464 e. The maximum Gasteiger partial charge on any atom is 0.325 e. The molecule has 0 aromatic carbocycles. The van der Waals surface area contributed by atoms with Crippen LogP contribution in [0.1, 0.15) is 108 Å². The van der Waals surface area contributed by atoms with Gasteiger partial charge >= 0.3 is 12.0 Å². The Bertz CT molecular complexity index is 992. The number of likely N-dealkylation sites (N-methyl/N-ethyl adjacent to an activating group) is 1. The zero-order valence-electron chi connectivity index (χ0n) is 31.7. The minimum atomic E-state index is -0.765. The van der Waals surface area contributed by atoms with Gasteiger partial charge < -0.3 is 30.8 Å². The second-order valence-corrected chi connectivity index (χ2v) is 13.5. The smallest absolute Gasteiger partial charge is 0.325 e. The lowest BCUT2D eigenvalue weighted by Gasteiger charge is -2.26. The van der Waals surface area contributed by atoms with E-state index in [-0.39, 0.29) is 30.5 Å². The first kappa shape index (κ1) is 46.8. The third-order valence-corrected chi connectivity index (χ3v) is 7.59. The molecule has 0 spiro atoms. The lowest BCUT2D eigenvalue weighted by molar-refractivity contribution is -0.142. The topological polar surface area (TPSA) is 163 Å². The number of amides is 4. The van der Waals surface area contributed by atoms with Crippen molar-refractivity contribution in [2.45, 2.75) is 126 Å². The molecule has 1 saturated carbocycles. The number of carbonyl (C=O) groups is 6. The van der Waals surface area contributed by atoms with E-state index in [4.69, 9.17) is 4.74 Å². The third-order valence-electron chi connectivity index (χ3n) is 7.59. The van der Waals surface area contributed by atoms with Crippen LogP contribution in [-0.2, 0) is 28.7 Å². The highest BCUT2D eigenvalue weighted by Crippen LogP contribution is 2.29. The molecule has 2 rings (SSSR count). The first-order chi connectivity index (χ1) is 22.5. The molecule has 4 amide bonds. The van der Waals surface area contributed by atoms with E-state index < -0.39 is 35.8 Å². The molecule has 1 aliphatic carbocycles. The van der Waals surface area contributed by atoms with Crippen molar-refractivity contribution in [1.82, 2.24) is 26.2 Å². The van der Waals surface area contributed by atoms with Gasteiger partial charge in [-0.2, -0.15) is 0 Å². The Balaban J connectivity index is 0. The van der Waals surface area contributed by atoms with Crippen molar-refractivity contribution >= 4 is 35.9 Å². The summed E-state index contributed by atoms with van der Waals surface area (Å²) in [6.07, 6.45) is 7.61. The van der Waals surface area contributed by atoms with Gasteiger partial charge in [0, 0.05) is 13.1 Å². The Hall–Kier alpha value is -3.28. The number of urea groups is 1. The maximum atomic E-state index is 12.6. The number of nitrogens with zero attached hydrogens (tertiary/aromatic N) is 1. The predicted octanol–water partition coefficient (Wildman–Crippen LogP) is 4.41. The van der Waals surface area contributed by atoms with Crippen molar-refractivity contribution in [3.63, 3.8) is 0 Å². The molecule has 48 heavy (non-hydrogen) atoms. The van der Waals surface area contributed by atoms with Gasteiger partial charge in [0.1, 0.15) is 12.8 Å². The van der Waals surface area contributed by atoms with Crippen LogP contribution in [0.4, 0.5) is 4.79 Å². The van der Waals surface area contributed by atoms with Crippen LogP contribution < -0.4 is 21.3 Å². The molecule has 1 aliphatic heterocycles. The van der Waals surface area contributed by atoms with Gasteiger partial charge in [-0.3, -0.25) is 24.1 Å². The number of hydrogen-bond acceptors (Lipinski definition) is 8. The number of aldehydes is 1. The van der Waals surface area contributed by atoms with Crippen LogP contribution in [-0.4, -0.2) is 92.2 Å². The SMILES string of the molecule is C=CCNC(=O)C(=O)C(CCC)NC(=O)C1CC(C(C)C)CN1C.CC.CC(C)(C)C(C=O)NC(=O)NCC(=O)OCC1CC1.CCC.